The predicted molar refractivity (Wildman–Crippen MR) is 75.4 cm³/mol. The van der Waals surface area contributed by atoms with Crippen molar-refractivity contribution in [3.8, 4) is 0 Å². The molecule has 1 N–H and O–H groups in total. The van der Waals surface area contributed by atoms with Crippen LogP contribution in [0.25, 0.3) is 0 Å². The minimum atomic E-state index is -0.944. The van der Waals surface area contributed by atoms with Gasteiger partial charge >= 0.3 is 5.97 Å². The molecule has 2 rings (SSSR count). The van der Waals surface area contributed by atoms with Crippen LogP contribution in [-0.2, 0) is 9.59 Å². The van der Waals surface area contributed by atoms with Crippen molar-refractivity contribution < 1.29 is 14.7 Å². The van der Waals surface area contributed by atoms with Crippen molar-refractivity contribution in [1.82, 2.24) is 14.9 Å². The minimum Gasteiger partial charge on any atom is -0.481 e. The lowest BCUT2D eigenvalue weighted by atomic mass is 10.2. The van der Waals surface area contributed by atoms with E-state index in [1.54, 1.807) is 17.3 Å². The maximum Gasteiger partial charge on any atom is 0.303 e. The molecule has 108 valence electrons. The predicted octanol–water partition coefficient (Wildman–Crippen LogP) is 0.752. The second-order valence-corrected chi connectivity index (χ2v) is 5.38. The van der Waals surface area contributed by atoms with Gasteiger partial charge in [-0.2, -0.15) is 0 Å². The van der Waals surface area contributed by atoms with E-state index in [2.05, 4.69) is 25.9 Å². The molecule has 7 nitrogen and oxygen atoms in total. The molecule has 1 aliphatic rings. The number of carbonyl (C=O) groups is 2. The van der Waals surface area contributed by atoms with Gasteiger partial charge < -0.3 is 14.9 Å². The van der Waals surface area contributed by atoms with Crippen molar-refractivity contribution >= 4 is 33.8 Å². The van der Waals surface area contributed by atoms with Gasteiger partial charge in [-0.1, -0.05) is 0 Å². The van der Waals surface area contributed by atoms with Gasteiger partial charge in [0.2, 0.25) is 11.9 Å². The molecule has 1 amide bonds. The van der Waals surface area contributed by atoms with Gasteiger partial charge in [-0.05, 0) is 15.9 Å². The third-order valence-corrected chi connectivity index (χ3v) is 3.48. The number of halogens is 1. The largest absolute Gasteiger partial charge is 0.481 e. The van der Waals surface area contributed by atoms with Gasteiger partial charge in [-0.25, -0.2) is 9.97 Å². The van der Waals surface area contributed by atoms with Crippen LogP contribution in [0, 0.1) is 0 Å². The van der Waals surface area contributed by atoms with E-state index in [1.807, 2.05) is 4.90 Å². The summed E-state index contributed by atoms with van der Waals surface area (Å²) in [4.78, 5) is 34.4. The number of carbonyl (C=O) groups excluding carboxylic acids is 1. The summed E-state index contributed by atoms with van der Waals surface area (Å²) < 4.78 is 0.823. The van der Waals surface area contributed by atoms with Crippen LogP contribution < -0.4 is 4.90 Å². The molecule has 2 heterocycles. The van der Waals surface area contributed by atoms with Crippen LogP contribution in [0.1, 0.15) is 12.8 Å². The third kappa shape index (κ3) is 3.89. The highest BCUT2D eigenvalue weighted by molar-refractivity contribution is 9.10. The molecule has 0 radical (unpaired) electrons. The number of carboxylic acids is 1. The Hall–Kier alpha value is -1.70. The van der Waals surface area contributed by atoms with Crippen LogP contribution in [0.3, 0.4) is 0 Å². The van der Waals surface area contributed by atoms with Crippen LogP contribution in [0.2, 0.25) is 0 Å². The number of carboxylic acid groups (broad SMARTS) is 1. The Bertz CT molecular complexity index is 486. The fraction of sp³-hybridized carbons (Fsp3) is 0.500. The normalized spacial score (nSPS) is 15.2. The summed E-state index contributed by atoms with van der Waals surface area (Å²) in [6, 6.07) is 0. The average molecular weight is 343 g/mol. The molecule has 0 aromatic carbocycles. The lowest BCUT2D eigenvalue weighted by molar-refractivity contribution is -0.141. The van der Waals surface area contributed by atoms with Gasteiger partial charge in [0.25, 0.3) is 0 Å². The van der Waals surface area contributed by atoms with Crippen molar-refractivity contribution in [2.45, 2.75) is 12.8 Å². The first-order valence-electron chi connectivity index (χ1n) is 6.28. The summed E-state index contributed by atoms with van der Waals surface area (Å²) in [6.07, 6.45) is 3.32. The molecule has 1 aliphatic heterocycles. The molecule has 0 spiro atoms. The molecule has 0 saturated carbocycles. The molecule has 1 aromatic rings. The maximum absolute atomic E-state index is 11.8. The van der Waals surface area contributed by atoms with E-state index in [9.17, 15) is 9.59 Å². The van der Waals surface area contributed by atoms with E-state index in [1.165, 1.54) is 0 Å². The first-order chi connectivity index (χ1) is 9.56. The van der Waals surface area contributed by atoms with Crippen LogP contribution in [0.5, 0.6) is 0 Å². The quantitative estimate of drug-likeness (QED) is 0.868. The molecule has 0 bridgehead atoms. The van der Waals surface area contributed by atoms with Gasteiger partial charge in [-0.15, -0.1) is 0 Å². The number of hydrogen-bond acceptors (Lipinski definition) is 5. The van der Waals surface area contributed by atoms with Crippen molar-refractivity contribution in [2.75, 3.05) is 31.1 Å². The number of piperazine rings is 1. The maximum atomic E-state index is 11.8. The Morgan fingerprint density at radius 2 is 1.75 bits per heavy atom. The number of hydrogen-bond donors (Lipinski definition) is 1. The van der Waals surface area contributed by atoms with Gasteiger partial charge in [0.15, 0.2) is 0 Å². The van der Waals surface area contributed by atoms with Gasteiger partial charge in [0.1, 0.15) is 0 Å². The summed E-state index contributed by atoms with van der Waals surface area (Å²) in [5.74, 6) is -0.408. The second kappa shape index (κ2) is 6.65. The monoisotopic (exact) mass is 342 g/mol. The number of anilines is 1. The van der Waals surface area contributed by atoms with E-state index >= 15 is 0 Å². The topological polar surface area (TPSA) is 86.6 Å². The van der Waals surface area contributed by atoms with Gasteiger partial charge in [0, 0.05) is 45.0 Å². The third-order valence-electron chi connectivity index (χ3n) is 3.07. The van der Waals surface area contributed by atoms with Crippen molar-refractivity contribution in [3.63, 3.8) is 0 Å². The molecule has 0 atom stereocenters. The number of aliphatic carboxylic acids is 1. The first-order valence-corrected chi connectivity index (χ1v) is 7.07. The zero-order valence-electron chi connectivity index (χ0n) is 10.8. The molecular weight excluding hydrogens is 328 g/mol. The van der Waals surface area contributed by atoms with Crippen molar-refractivity contribution in [2.24, 2.45) is 0 Å². The highest BCUT2D eigenvalue weighted by Gasteiger charge is 2.22. The smallest absolute Gasteiger partial charge is 0.303 e. The highest BCUT2D eigenvalue weighted by atomic mass is 79.9. The lowest BCUT2D eigenvalue weighted by Crippen LogP contribution is -2.49. The van der Waals surface area contributed by atoms with E-state index in [4.69, 9.17) is 5.11 Å². The summed E-state index contributed by atoms with van der Waals surface area (Å²) in [7, 11) is 0. The molecule has 0 unspecified atom stereocenters. The summed E-state index contributed by atoms with van der Waals surface area (Å²) in [5.41, 5.74) is 0. The highest BCUT2D eigenvalue weighted by Crippen LogP contribution is 2.13. The lowest BCUT2D eigenvalue weighted by Gasteiger charge is -2.34. The number of rotatable bonds is 4. The number of aromatic nitrogens is 2. The number of amides is 1. The molecule has 20 heavy (non-hydrogen) atoms. The molecule has 1 saturated heterocycles. The average Bonchev–Trinajstić information content (AvgIpc) is 2.46. The summed E-state index contributed by atoms with van der Waals surface area (Å²) in [5, 5.41) is 8.57. The Morgan fingerprint density at radius 1 is 1.15 bits per heavy atom. The van der Waals surface area contributed by atoms with Crippen LogP contribution in [0.15, 0.2) is 16.9 Å². The fourth-order valence-electron chi connectivity index (χ4n) is 2.00. The fourth-order valence-corrected chi connectivity index (χ4v) is 2.20. The Labute approximate surface area is 124 Å². The summed E-state index contributed by atoms with van der Waals surface area (Å²) in [6.45, 7) is 2.44. The van der Waals surface area contributed by atoms with E-state index < -0.39 is 5.97 Å². The van der Waals surface area contributed by atoms with Crippen LogP contribution in [0.4, 0.5) is 5.95 Å². The minimum absolute atomic E-state index is 0.0596. The SMILES string of the molecule is O=C(O)CCC(=O)N1CCN(c2ncc(Br)cn2)CC1. The van der Waals surface area contributed by atoms with Crippen LogP contribution in [-0.4, -0.2) is 58.0 Å². The first kappa shape index (κ1) is 14.7. The molecular formula is C12H15BrN4O3. The van der Waals surface area contributed by atoms with Gasteiger partial charge in [-0.3, -0.25) is 9.59 Å². The Balaban J connectivity index is 1.84. The van der Waals surface area contributed by atoms with E-state index in [-0.39, 0.29) is 18.7 Å². The standard InChI is InChI=1S/C12H15BrN4O3/c13-9-7-14-12(15-8-9)17-5-3-16(4-6-17)10(18)1-2-11(19)20/h7-8H,1-6H2,(H,19,20). The summed E-state index contributed by atoms with van der Waals surface area (Å²) >= 11 is 3.28. The van der Waals surface area contributed by atoms with E-state index in [0.717, 1.165) is 4.47 Å². The zero-order chi connectivity index (χ0) is 14.5. The van der Waals surface area contributed by atoms with Crippen LogP contribution >= 0.6 is 15.9 Å². The molecule has 8 heteroatoms. The number of nitrogens with zero attached hydrogens (tertiary/aromatic N) is 4. The zero-order valence-corrected chi connectivity index (χ0v) is 12.4. The molecule has 0 aliphatic carbocycles. The van der Waals surface area contributed by atoms with Crippen molar-refractivity contribution in [1.29, 1.82) is 0 Å². The second-order valence-electron chi connectivity index (χ2n) is 4.46. The van der Waals surface area contributed by atoms with E-state index in [0.29, 0.717) is 32.1 Å². The Kier molecular flexibility index (Phi) is 4.89. The van der Waals surface area contributed by atoms with Crippen molar-refractivity contribution in [3.05, 3.63) is 16.9 Å². The molecule has 1 aromatic heterocycles. The van der Waals surface area contributed by atoms with Gasteiger partial charge in [0.05, 0.1) is 10.9 Å². The molecule has 1 fully saturated rings. The Morgan fingerprint density at radius 3 is 2.30 bits per heavy atom.